The highest BCUT2D eigenvalue weighted by Crippen LogP contribution is 2.22. The van der Waals surface area contributed by atoms with E-state index in [0.717, 1.165) is 38.9 Å². The molecule has 3 amide bonds. The van der Waals surface area contributed by atoms with E-state index < -0.39 is 0 Å². The van der Waals surface area contributed by atoms with Gasteiger partial charge < -0.3 is 15.1 Å². The lowest BCUT2D eigenvalue weighted by molar-refractivity contribution is -0.128. The summed E-state index contributed by atoms with van der Waals surface area (Å²) in [5.41, 5.74) is 1.31. The van der Waals surface area contributed by atoms with Gasteiger partial charge in [0.15, 0.2) is 0 Å². The van der Waals surface area contributed by atoms with E-state index in [9.17, 15) is 14.4 Å². The topological polar surface area (TPSA) is 69.7 Å². The molecule has 2 atom stereocenters. The molecule has 0 unspecified atom stereocenters. The third-order valence-corrected chi connectivity index (χ3v) is 5.71. The van der Waals surface area contributed by atoms with Crippen LogP contribution in [0.15, 0.2) is 24.3 Å². The Morgan fingerprint density at radius 1 is 1.18 bits per heavy atom. The Morgan fingerprint density at radius 2 is 1.93 bits per heavy atom. The van der Waals surface area contributed by atoms with E-state index in [1.165, 1.54) is 6.42 Å². The van der Waals surface area contributed by atoms with Gasteiger partial charge in [0.05, 0.1) is 5.92 Å². The number of piperidine rings is 1. The van der Waals surface area contributed by atoms with Gasteiger partial charge in [0, 0.05) is 43.9 Å². The van der Waals surface area contributed by atoms with Gasteiger partial charge in [0.2, 0.25) is 11.8 Å². The summed E-state index contributed by atoms with van der Waals surface area (Å²) in [7, 11) is 0. The number of nitrogens with zero attached hydrogens (tertiary/aromatic N) is 2. The Kier molecular flexibility index (Phi) is 6.70. The number of likely N-dealkylation sites (tertiary alicyclic amines) is 2. The minimum absolute atomic E-state index is 0.0531. The summed E-state index contributed by atoms with van der Waals surface area (Å²) in [5, 5.41) is 2.89. The number of anilines is 1. The molecular formula is C22H31N3O3. The van der Waals surface area contributed by atoms with Gasteiger partial charge in [-0.15, -0.1) is 0 Å². The van der Waals surface area contributed by atoms with Crippen molar-refractivity contribution in [1.29, 1.82) is 0 Å². The number of carbonyl (C=O) groups excluding carboxylic acids is 3. The van der Waals surface area contributed by atoms with Crippen LogP contribution in [0, 0.1) is 11.8 Å². The number of hydrogen-bond donors (Lipinski definition) is 1. The quantitative estimate of drug-likeness (QED) is 0.818. The average molecular weight is 386 g/mol. The van der Waals surface area contributed by atoms with Crippen LogP contribution in [0.4, 0.5) is 5.69 Å². The predicted octanol–water partition coefficient (Wildman–Crippen LogP) is 3.15. The molecule has 3 rings (SSSR count). The van der Waals surface area contributed by atoms with Crippen LogP contribution in [0.3, 0.4) is 0 Å². The van der Waals surface area contributed by atoms with E-state index in [0.29, 0.717) is 23.7 Å². The number of benzene rings is 1. The van der Waals surface area contributed by atoms with Crippen molar-refractivity contribution in [2.75, 3.05) is 31.5 Å². The molecule has 1 aromatic rings. The third kappa shape index (κ3) is 4.91. The molecule has 2 aliphatic rings. The van der Waals surface area contributed by atoms with E-state index in [2.05, 4.69) is 19.2 Å². The maximum atomic E-state index is 12.6. The number of hydrogen-bond acceptors (Lipinski definition) is 3. The molecule has 0 aromatic heterocycles. The minimum atomic E-state index is -0.305. The molecule has 2 heterocycles. The second-order valence-electron chi connectivity index (χ2n) is 8.16. The van der Waals surface area contributed by atoms with Gasteiger partial charge >= 0.3 is 0 Å². The predicted molar refractivity (Wildman–Crippen MR) is 109 cm³/mol. The third-order valence-electron chi connectivity index (χ3n) is 5.71. The first-order valence-electron chi connectivity index (χ1n) is 10.5. The minimum Gasteiger partial charge on any atom is -0.342 e. The molecule has 6 nitrogen and oxygen atoms in total. The van der Waals surface area contributed by atoms with E-state index in [1.807, 2.05) is 4.90 Å². The van der Waals surface area contributed by atoms with Crippen LogP contribution in [-0.2, 0) is 9.59 Å². The molecule has 2 fully saturated rings. The van der Waals surface area contributed by atoms with Crippen LogP contribution in [0.25, 0.3) is 0 Å². The van der Waals surface area contributed by atoms with Crippen molar-refractivity contribution in [2.45, 2.75) is 46.0 Å². The number of rotatable bonds is 6. The van der Waals surface area contributed by atoms with Gasteiger partial charge in [0.1, 0.15) is 0 Å². The van der Waals surface area contributed by atoms with Crippen molar-refractivity contribution >= 4 is 23.4 Å². The second-order valence-corrected chi connectivity index (χ2v) is 8.16. The second kappa shape index (κ2) is 9.22. The molecule has 0 saturated carbocycles. The molecule has 1 aromatic carbocycles. The van der Waals surface area contributed by atoms with Gasteiger partial charge in [-0.3, -0.25) is 14.4 Å². The molecule has 6 heteroatoms. The zero-order valence-electron chi connectivity index (χ0n) is 16.9. The lowest BCUT2D eigenvalue weighted by atomic mass is 9.99. The molecule has 28 heavy (non-hydrogen) atoms. The van der Waals surface area contributed by atoms with Crippen LogP contribution in [0.1, 0.15) is 56.3 Å². The van der Waals surface area contributed by atoms with Crippen molar-refractivity contribution in [1.82, 2.24) is 9.80 Å². The monoisotopic (exact) mass is 385 g/mol. The van der Waals surface area contributed by atoms with Crippen molar-refractivity contribution in [3.8, 4) is 0 Å². The van der Waals surface area contributed by atoms with Gasteiger partial charge in [0.25, 0.3) is 5.91 Å². The normalized spacial score (nSPS) is 22.4. The van der Waals surface area contributed by atoms with Crippen LogP contribution >= 0.6 is 0 Å². The van der Waals surface area contributed by atoms with Crippen LogP contribution in [0.5, 0.6) is 0 Å². The summed E-state index contributed by atoms with van der Waals surface area (Å²) >= 11 is 0. The fourth-order valence-electron chi connectivity index (χ4n) is 4.01. The van der Waals surface area contributed by atoms with Crippen LogP contribution < -0.4 is 5.32 Å². The summed E-state index contributed by atoms with van der Waals surface area (Å²) < 4.78 is 0. The fourth-order valence-corrected chi connectivity index (χ4v) is 4.01. The summed E-state index contributed by atoms with van der Waals surface area (Å²) in [6.07, 6.45) is 4.50. The molecule has 152 valence electrons. The summed E-state index contributed by atoms with van der Waals surface area (Å²) in [4.78, 5) is 40.9. The van der Waals surface area contributed by atoms with Gasteiger partial charge in [-0.1, -0.05) is 20.3 Å². The highest BCUT2D eigenvalue weighted by molar-refractivity contribution is 5.98. The molecule has 2 aliphatic heterocycles. The van der Waals surface area contributed by atoms with Crippen LogP contribution in [0.2, 0.25) is 0 Å². The SMILES string of the molecule is CCCCN1C[C@@H](C(=O)Nc2ccc(C(=O)N3CCC[C@@H](C)C3)cc2)CC1=O. The Bertz CT molecular complexity index is 716. The molecule has 2 saturated heterocycles. The Hall–Kier alpha value is -2.37. The zero-order chi connectivity index (χ0) is 20.1. The van der Waals surface area contributed by atoms with Gasteiger partial charge in [-0.25, -0.2) is 0 Å². The molecule has 0 aliphatic carbocycles. The van der Waals surface area contributed by atoms with E-state index in [4.69, 9.17) is 0 Å². The molecule has 0 radical (unpaired) electrons. The summed E-state index contributed by atoms with van der Waals surface area (Å²) in [6, 6.07) is 7.07. The smallest absolute Gasteiger partial charge is 0.253 e. The summed E-state index contributed by atoms with van der Waals surface area (Å²) in [6.45, 7) is 7.10. The maximum Gasteiger partial charge on any atom is 0.253 e. The van der Waals surface area contributed by atoms with E-state index in [1.54, 1.807) is 29.2 Å². The van der Waals surface area contributed by atoms with Crippen molar-refractivity contribution in [3.63, 3.8) is 0 Å². The molecule has 0 spiro atoms. The van der Waals surface area contributed by atoms with Gasteiger partial charge in [-0.2, -0.15) is 0 Å². The maximum absolute atomic E-state index is 12.6. The van der Waals surface area contributed by atoms with Crippen molar-refractivity contribution < 1.29 is 14.4 Å². The highest BCUT2D eigenvalue weighted by atomic mass is 16.2. The van der Waals surface area contributed by atoms with E-state index in [-0.39, 0.29) is 30.1 Å². The summed E-state index contributed by atoms with van der Waals surface area (Å²) in [5.74, 6) is 0.224. The first-order chi connectivity index (χ1) is 13.5. The number of carbonyl (C=O) groups is 3. The Morgan fingerprint density at radius 3 is 2.61 bits per heavy atom. The first kappa shape index (κ1) is 20.4. The average Bonchev–Trinajstić information content (AvgIpc) is 3.07. The Balaban J connectivity index is 1.55. The number of unbranched alkanes of at least 4 members (excludes halogenated alkanes) is 1. The lowest BCUT2D eigenvalue weighted by Crippen LogP contribution is -2.39. The molecule has 0 bridgehead atoms. The standard InChI is InChI=1S/C22H31N3O3/c1-3-4-11-24-15-18(13-20(24)26)21(27)23-19-9-7-17(8-10-19)22(28)25-12-5-6-16(2)14-25/h7-10,16,18H,3-6,11-15H2,1-2H3,(H,23,27)/t16-,18+/m1/s1. The highest BCUT2D eigenvalue weighted by Gasteiger charge is 2.33. The number of amides is 3. The van der Waals surface area contributed by atoms with Crippen LogP contribution in [-0.4, -0.2) is 53.7 Å². The lowest BCUT2D eigenvalue weighted by Gasteiger charge is -2.31. The Labute approximate surface area is 167 Å². The molecular weight excluding hydrogens is 354 g/mol. The largest absolute Gasteiger partial charge is 0.342 e. The zero-order valence-corrected chi connectivity index (χ0v) is 16.9. The first-order valence-corrected chi connectivity index (χ1v) is 10.5. The van der Waals surface area contributed by atoms with Crippen molar-refractivity contribution in [3.05, 3.63) is 29.8 Å². The van der Waals surface area contributed by atoms with E-state index >= 15 is 0 Å². The fraction of sp³-hybridized carbons (Fsp3) is 0.591. The van der Waals surface area contributed by atoms with Gasteiger partial charge in [-0.05, 0) is 49.4 Å². The number of nitrogens with one attached hydrogen (secondary N) is 1. The molecule has 1 N–H and O–H groups in total. The van der Waals surface area contributed by atoms with Crippen molar-refractivity contribution in [2.24, 2.45) is 11.8 Å².